The lowest BCUT2D eigenvalue weighted by atomic mass is 9.92. The van der Waals surface area contributed by atoms with Crippen LogP contribution in [0.1, 0.15) is 45.5 Å². The Labute approximate surface area is 181 Å². The minimum Gasteiger partial charge on any atom is -0.349 e. The minimum atomic E-state index is -0.131. The van der Waals surface area contributed by atoms with Gasteiger partial charge in [-0.3, -0.25) is 14.5 Å². The van der Waals surface area contributed by atoms with Crippen molar-refractivity contribution in [2.45, 2.75) is 32.2 Å². The van der Waals surface area contributed by atoms with Crippen LogP contribution in [0.3, 0.4) is 0 Å². The van der Waals surface area contributed by atoms with Gasteiger partial charge in [0.05, 0.1) is 6.54 Å². The predicted molar refractivity (Wildman–Crippen MR) is 116 cm³/mol. The maximum atomic E-state index is 12.5. The molecule has 1 amide bonds. The number of likely N-dealkylation sites (tertiary alicyclic amines) is 1. The molecule has 29 heavy (non-hydrogen) atoms. The average Bonchev–Trinajstić information content (AvgIpc) is 3.34. The van der Waals surface area contributed by atoms with E-state index in [-0.39, 0.29) is 23.1 Å². The maximum Gasteiger partial charge on any atom is 0.251 e. The Balaban J connectivity index is 1.28. The van der Waals surface area contributed by atoms with Crippen LogP contribution in [0.25, 0.3) is 0 Å². The second kappa shape index (κ2) is 8.10. The summed E-state index contributed by atoms with van der Waals surface area (Å²) >= 11 is 12.0. The third-order valence-corrected chi connectivity index (χ3v) is 6.65. The number of piperidine rings is 1. The summed E-state index contributed by atoms with van der Waals surface area (Å²) in [6.07, 6.45) is 2.98. The molecule has 4 nitrogen and oxygen atoms in total. The summed E-state index contributed by atoms with van der Waals surface area (Å²) in [7, 11) is 0. The fourth-order valence-corrected chi connectivity index (χ4v) is 4.75. The summed E-state index contributed by atoms with van der Waals surface area (Å²) in [5, 5.41) is 4.05. The second-order valence-corrected chi connectivity index (χ2v) is 9.19. The number of hydrogen-bond acceptors (Lipinski definition) is 3. The Morgan fingerprint density at radius 3 is 2.28 bits per heavy atom. The van der Waals surface area contributed by atoms with Crippen molar-refractivity contribution in [3.8, 4) is 0 Å². The Morgan fingerprint density at radius 2 is 1.66 bits per heavy atom. The van der Waals surface area contributed by atoms with Crippen molar-refractivity contribution >= 4 is 34.9 Å². The second-order valence-electron chi connectivity index (χ2n) is 8.32. The Morgan fingerprint density at radius 1 is 1.03 bits per heavy atom. The van der Waals surface area contributed by atoms with Gasteiger partial charge in [-0.15, -0.1) is 0 Å². The molecule has 0 bridgehead atoms. The highest BCUT2D eigenvalue weighted by Gasteiger charge is 2.55. The molecule has 152 valence electrons. The van der Waals surface area contributed by atoms with E-state index in [2.05, 4.69) is 10.2 Å². The van der Waals surface area contributed by atoms with Gasteiger partial charge in [-0.25, -0.2) is 0 Å². The first-order valence-corrected chi connectivity index (χ1v) is 10.7. The van der Waals surface area contributed by atoms with E-state index in [1.807, 2.05) is 31.2 Å². The summed E-state index contributed by atoms with van der Waals surface area (Å²) in [4.78, 5) is 27.3. The van der Waals surface area contributed by atoms with Gasteiger partial charge in [0.15, 0.2) is 5.78 Å². The number of carbonyl (C=O) groups is 2. The highest BCUT2D eigenvalue weighted by Crippen LogP contribution is 2.54. The highest BCUT2D eigenvalue weighted by atomic mass is 35.5. The lowest BCUT2D eigenvalue weighted by Crippen LogP contribution is -2.40. The van der Waals surface area contributed by atoms with Crippen molar-refractivity contribution in [3.05, 3.63) is 69.2 Å². The number of carbonyl (C=O) groups excluding carboxylic acids is 2. The fraction of sp³-hybridized carbons (Fsp3) is 0.391. The summed E-state index contributed by atoms with van der Waals surface area (Å²) in [5.41, 5.74) is 2.59. The van der Waals surface area contributed by atoms with Crippen LogP contribution in [-0.2, 0) is 0 Å². The number of hydrogen-bond donors (Lipinski definition) is 1. The molecule has 2 aliphatic rings. The van der Waals surface area contributed by atoms with Crippen molar-refractivity contribution in [2.24, 2.45) is 5.41 Å². The standard InChI is InChI=1S/C23H24Cl2N2O2/c1-15-2-4-16(5-3-15)20(28)14-27-8-6-23(7-9-27)13-21(23)26-22(29)17-10-18(24)12-19(25)11-17/h2-5,10-12,21H,6-9,13-14H2,1H3,(H,26,29). The number of benzene rings is 2. The predicted octanol–water partition coefficient (Wildman–Crippen LogP) is 4.77. The first-order valence-electron chi connectivity index (χ1n) is 9.94. The maximum absolute atomic E-state index is 12.5. The molecule has 1 saturated carbocycles. The van der Waals surface area contributed by atoms with Gasteiger partial charge in [-0.1, -0.05) is 53.0 Å². The fourth-order valence-electron chi connectivity index (χ4n) is 4.22. The number of Topliss-reactive ketones (excluding diaryl/α,β-unsaturated/α-hetero) is 1. The summed E-state index contributed by atoms with van der Waals surface area (Å²) < 4.78 is 0. The molecule has 1 atom stereocenters. The Hall–Kier alpha value is -1.88. The van der Waals surface area contributed by atoms with Crippen molar-refractivity contribution < 1.29 is 9.59 Å². The molecule has 1 unspecified atom stereocenters. The summed E-state index contributed by atoms with van der Waals surface area (Å²) in [5.74, 6) is 0.0349. The monoisotopic (exact) mass is 430 g/mol. The molecule has 4 rings (SSSR count). The van der Waals surface area contributed by atoms with Gasteiger partial charge in [0.25, 0.3) is 5.91 Å². The molecule has 0 radical (unpaired) electrons. The molecule has 1 aliphatic heterocycles. The zero-order valence-electron chi connectivity index (χ0n) is 16.4. The van der Waals surface area contributed by atoms with E-state index in [4.69, 9.17) is 23.2 Å². The smallest absolute Gasteiger partial charge is 0.251 e. The molecule has 0 aromatic heterocycles. The number of ketones is 1. The van der Waals surface area contributed by atoms with Crippen LogP contribution in [0, 0.1) is 12.3 Å². The third kappa shape index (κ3) is 4.66. The lowest BCUT2D eigenvalue weighted by Gasteiger charge is -2.32. The molecule has 2 aromatic carbocycles. The van der Waals surface area contributed by atoms with Crippen molar-refractivity contribution in [1.82, 2.24) is 10.2 Å². The third-order valence-electron chi connectivity index (χ3n) is 6.21. The van der Waals surface area contributed by atoms with Gasteiger partial charge >= 0.3 is 0 Å². The van der Waals surface area contributed by atoms with Crippen LogP contribution in [0.5, 0.6) is 0 Å². The zero-order chi connectivity index (χ0) is 20.6. The average molecular weight is 431 g/mol. The Kier molecular flexibility index (Phi) is 5.69. The quantitative estimate of drug-likeness (QED) is 0.694. The largest absolute Gasteiger partial charge is 0.349 e. The van der Waals surface area contributed by atoms with E-state index in [0.29, 0.717) is 22.2 Å². The number of amides is 1. The van der Waals surface area contributed by atoms with E-state index < -0.39 is 0 Å². The van der Waals surface area contributed by atoms with Crippen LogP contribution in [0.4, 0.5) is 0 Å². The molecule has 1 aliphatic carbocycles. The number of halogens is 2. The normalized spacial score (nSPS) is 20.4. The number of nitrogens with zero attached hydrogens (tertiary/aromatic N) is 1. The van der Waals surface area contributed by atoms with E-state index in [0.717, 1.165) is 43.5 Å². The van der Waals surface area contributed by atoms with Crippen molar-refractivity contribution in [3.63, 3.8) is 0 Å². The highest BCUT2D eigenvalue weighted by molar-refractivity contribution is 6.35. The molecule has 1 N–H and O–H groups in total. The van der Waals surface area contributed by atoms with Crippen LogP contribution in [0.15, 0.2) is 42.5 Å². The number of aryl methyl sites for hydroxylation is 1. The molecule has 1 spiro atoms. The summed E-state index contributed by atoms with van der Waals surface area (Å²) in [6, 6.07) is 12.8. The van der Waals surface area contributed by atoms with E-state index in [1.54, 1.807) is 18.2 Å². The molecule has 2 fully saturated rings. The van der Waals surface area contributed by atoms with Crippen LogP contribution >= 0.6 is 23.2 Å². The molecule has 2 aromatic rings. The van der Waals surface area contributed by atoms with E-state index in [1.165, 1.54) is 0 Å². The first kappa shape index (κ1) is 20.4. The van der Waals surface area contributed by atoms with Gasteiger partial charge in [-0.05, 0) is 62.9 Å². The van der Waals surface area contributed by atoms with Crippen LogP contribution in [-0.4, -0.2) is 42.3 Å². The van der Waals surface area contributed by atoms with Crippen molar-refractivity contribution in [1.29, 1.82) is 0 Å². The van der Waals surface area contributed by atoms with Crippen LogP contribution in [0.2, 0.25) is 10.0 Å². The SMILES string of the molecule is Cc1ccc(C(=O)CN2CCC3(CC2)CC3NC(=O)c2cc(Cl)cc(Cl)c2)cc1. The molecule has 1 heterocycles. The van der Waals surface area contributed by atoms with Gasteiger partial charge in [0, 0.05) is 27.2 Å². The minimum absolute atomic E-state index is 0.131. The van der Waals surface area contributed by atoms with Gasteiger partial charge in [-0.2, -0.15) is 0 Å². The first-order chi connectivity index (χ1) is 13.8. The topological polar surface area (TPSA) is 49.4 Å². The molecular weight excluding hydrogens is 407 g/mol. The van der Waals surface area contributed by atoms with Crippen LogP contribution < -0.4 is 5.32 Å². The summed E-state index contributed by atoms with van der Waals surface area (Å²) in [6.45, 7) is 4.24. The zero-order valence-corrected chi connectivity index (χ0v) is 17.9. The van der Waals surface area contributed by atoms with E-state index in [9.17, 15) is 9.59 Å². The molecule has 1 saturated heterocycles. The molecule has 6 heteroatoms. The van der Waals surface area contributed by atoms with Gasteiger partial charge in [0.1, 0.15) is 0 Å². The van der Waals surface area contributed by atoms with Crippen molar-refractivity contribution in [2.75, 3.05) is 19.6 Å². The molecular formula is C23H24Cl2N2O2. The number of nitrogens with one attached hydrogen (secondary N) is 1. The Bertz CT molecular complexity index is 914. The van der Waals surface area contributed by atoms with E-state index >= 15 is 0 Å². The van der Waals surface area contributed by atoms with Gasteiger partial charge in [0.2, 0.25) is 0 Å². The number of rotatable bonds is 5. The lowest BCUT2D eigenvalue weighted by molar-refractivity contribution is 0.0877. The van der Waals surface area contributed by atoms with Gasteiger partial charge < -0.3 is 5.32 Å².